The Bertz CT molecular complexity index is 1040. The molecule has 1 aromatic rings. The number of aliphatic hydroxyl groups is 1. The molecule has 2 aliphatic heterocycles. The highest BCUT2D eigenvalue weighted by Gasteiger charge is 2.38. The number of nitrogens with zero attached hydrogens (tertiary/aromatic N) is 1. The van der Waals surface area contributed by atoms with Crippen molar-refractivity contribution in [1.82, 2.24) is 4.90 Å². The van der Waals surface area contributed by atoms with Crippen LogP contribution in [0.1, 0.15) is 61.5 Å². The van der Waals surface area contributed by atoms with Gasteiger partial charge in [-0.15, -0.1) is 0 Å². The Kier molecular flexibility index (Phi) is 2.02. The molecular weight excluding hydrogens is 290 g/mol. The van der Waals surface area contributed by atoms with Gasteiger partial charge in [-0.25, -0.2) is 0 Å². The van der Waals surface area contributed by atoms with Crippen LogP contribution in [0.3, 0.4) is 0 Å². The fourth-order valence-corrected chi connectivity index (χ4v) is 2.74. The zero-order chi connectivity index (χ0) is 28.1. The van der Waals surface area contributed by atoms with Gasteiger partial charge < -0.3 is 14.6 Å². The van der Waals surface area contributed by atoms with Gasteiger partial charge in [0.15, 0.2) is 11.5 Å². The van der Waals surface area contributed by atoms with Gasteiger partial charge in [0.25, 0.3) is 0 Å². The third-order valence-electron chi connectivity index (χ3n) is 3.83. The van der Waals surface area contributed by atoms with Gasteiger partial charge >= 0.3 is 0 Å². The third-order valence-corrected chi connectivity index (χ3v) is 3.83. The molecule has 1 saturated heterocycles. The van der Waals surface area contributed by atoms with E-state index in [1.54, 1.807) is 0 Å². The van der Waals surface area contributed by atoms with Crippen LogP contribution in [-0.4, -0.2) is 43.3 Å². The summed E-state index contributed by atoms with van der Waals surface area (Å²) in [6.07, 6.45) is -9.11. The van der Waals surface area contributed by atoms with E-state index in [1.165, 1.54) is 20.3 Å². The lowest BCUT2D eigenvalue weighted by Gasteiger charge is -2.46. The minimum absolute atomic E-state index is 0.0317. The first-order chi connectivity index (χ1) is 16.0. The van der Waals surface area contributed by atoms with Crippen molar-refractivity contribution in [3.05, 3.63) is 23.3 Å². The largest absolute Gasteiger partial charge is 0.493 e. The lowest BCUT2D eigenvalue weighted by molar-refractivity contribution is -0.0191. The van der Waals surface area contributed by atoms with Crippen molar-refractivity contribution in [3.63, 3.8) is 0 Å². The maximum Gasteiger partial charge on any atom is 0.161 e. The van der Waals surface area contributed by atoms with Crippen molar-refractivity contribution in [2.45, 2.75) is 45.1 Å². The summed E-state index contributed by atoms with van der Waals surface area (Å²) >= 11 is 0. The number of hydrogen-bond donors (Lipinski definition) is 1. The molecule has 4 heteroatoms. The molecule has 0 saturated carbocycles. The van der Waals surface area contributed by atoms with Crippen LogP contribution in [0.15, 0.2) is 12.1 Å². The summed E-state index contributed by atoms with van der Waals surface area (Å²) in [5, 5.41) is 11.1. The molecule has 0 amide bonds. The highest BCUT2D eigenvalue weighted by Crippen LogP contribution is 2.43. The summed E-state index contributed by atoms with van der Waals surface area (Å²) in [5.41, 5.74) is -0.569. The first kappa shape index (κ1) is 6.93. The standard InChI is InChI=1S/C19H29NO3/c1-12(2)7-14-11-20-6-5-13-8-18(22-3)19(23-4)9-15(13)16(20)10-17(14)21/h8-9,12,14,16-17,21H,5-7,10-11H2,1-4H3/i1D3,5D2,6D2,7D2,11D2,12D,16D. The molecule has 0 spiro atoms. The van der Waals surface area contributed by atoms with Crippen LogP contribution in [0.4, 0.5) is 0 Å². The van der Waals surface area contributed by atoms with Crippen molar-refractivity contribution < 1.29 is 32.4 Å². The van der Waals surface area contributed by atoms with Gasteiger partial charge in [0.05, 0.1) is 21.7 Å². The average molecular weight is 333 g/mol. The first-order valence-corrected chi connectivity index (χ1v) is 7.23. The number of methoxy groups -OCH3 is 2. The lowest BCUT2D eigenvalue weighted by Crippen LogP contribution is -2.48. The van der Waals surface area contributed by atoms with Gasteiger partial charge in [0, 0.05) is 35.5 Å². The van der Waals surface area contributed by atoms with E-state index in [-0.39, 0.29) is 27.5 Å². The summed E-state index contributed by atoms with van der Waals surface area (Å²) in [5.74, 6) is -5.21. The van der Waals surface area contributed by atoms with Crippen molar-refractivity contribution in [2.75, 3.05) is 27.2 Å². The van der Waals surface area contributed by atoms with Crippen LogP contribution in [0.25, 0.3) is 0 Å². The van der Waals surface area contributed by atoms with E-state index in [0.717, 1.165) is 13.0 Å². The fourth-order valence-electron chi connectivity index (χ4n) is 2.74. The number of hydrogen-bond acceptors (Lipinski definition) is 4. The molecule has 23 heavy (non-hydrogen) atoms. The second kappa shape index (κ2) is 6.70. The van der Waals surface area contributed by atoms with Crippen molar-refractivity contribution in [2.24, 2.45) is 11.8 Å². The minimum atomic E-state index is -3.34. The number of benzene rings is 1. The maximum absolute atomic E-state index is 11.1. The monoisotopic (exact) mass is 332 g/mol. The summed E-state index contributed by atoms with van der Waals surface area (Å²) in [6, 6.07) is -0.142. The Hall–Kier alpha value is -1.26. The van der Waals surface area contributed by atoms with Crippen LogP contribution in [-0.2, 0) is 6.37 Å². The Morgan fingerprint density at radius 1 is 1.52 bits per heavy atom. The number of fused-ring (bicyclic) bond motifs is 3. The van der Waals surface area contributed by atoms with Gasteiger partial charge in [-0.05, 0) is 54.2 Å². The van der Waals surface area contributed by atoms with E-state index in [2.05, 4.69) is 0 Å². The molecule has 2 aliphatic rings. The second-order valence-electron chi connectivity index (χ2n) is 5.42. The smallest absolute Gasteiger partial charge is 0.161 e. The van der Waals surface area contributed by atoms with Crippen LogP contribution in [0, 0.1) is 11.8 Å². The number of piperidine rings is 1. The molecule has 1 aromatic carbocycles. The van der Waals surface area contributed by atoms with Crippen molar-refractivity contribution in [3.8, 4) is 11.5 Å². The van der Waals surface area contributed by atoms with Crippen molar-refractivity contribution >= 4 is 0 Å². The predicted octanol–water partition coefficient (Wildman–Crippen LogP) is 3.03. The lowest BCUT2D eigenvalue weighted by atomic mass is 9.79. The molecule has 2 heterocycles. The van der Waals surface area contributed by atoms with E-state index >= 15 is 0 Å². The van der Waals surface area contributed by atoms with E-state index in [9.17, 15) is 6.48 Å². The summed E-state index contributed by atoms with van der Waals surface area (Å²) in [6.45, 7) is -9.15. The summed E-state index contributed by atoms with van der Waals surface area (Å²) in [4.78, 5) is 0.214. The normalized spacial score (nSPS) is 49.3. The van der Waals surface area contributed by atoms with Crippen LogP contribution in [0.5, 0.6) is 11.5 Å². The highest BCUT2D eigenvalue weighted by molar-refractivity contribution is 5.49. The predicted molar refractivity (Wildman–Crippen MR) is 91.1 cm³/mol. The highest BCUT2D eigenvalue weighted by atomic mass is 16.5. The van der Waals surface area contributed by atoms with Gasteiger partial charge in [-0.1, -0.05) is 13.8 Å². The van der Waals surface area contributed by atoms with E-state index in [4.69, 9.17) is 25.9 Å². The van der Waals surface area contributed by atoms with E-state index < -0.39 is 62.9 Å². The molecule has 0 aliphatic carbocycles. The minimum Gasteiger partial charge on any atom is -0.493 e. The van der Waals surface area contributed by atoms with Crippen LogP contribution < -0.4 is 9.47 Å². The number of rotatable bonds is 4. The summed E-state index contributed by atoms with van der Waals surface area (Å²) in [7, 11) is 2.55. The zero-order valence-corrected chi connectivity index (χ0v) is 13.2. The molecule has 1 N–H and O–H groups in total. The molecule has 1 fully saturated rings. The van der Waals surface area contributed by atoms with E-state index in [1.807, 2.05) is 0 Å². The molecule has 3 rings (SSSR count). The molecule has 0 bridgehead atoms. The topological polar surface area (TPSA) is 41.9 Å². The Morgan fingerprint density at radius 3 is 2.96 bits per heavy atom. The Morgan fingerprint density at radius 2 is 2.26 bits per heavy atom. The van der Waals surface area contributed by atoms with Gasteiger partial charge in [-0.2, -0.15) is 0 Å². The zero-order valence-electron chi connectivity index (χ0n) is 26.2. The number of aliphatic hydroxyl groups excluding tert-OH is 1. The Balaban J connectivity index is 2.36. The molecule has 4 unspecified atom stereocenters. The number of ether oxygens (including phenoxy) is 2. The fraction of sp³-hybridized carbons (Fsp3) is 0.684. The van der Waals surface area contributed by atoms with Crippen LogP contribution in [0.2, 0.25) is 0 Å². The Labute approximate surface area is 157 Å². The molecule has 4 atom stereocenters. The first-order valence-electron chi connectivity index (χ1n) is 13.7. The van der Waals surface area contributed by atoms with Crippen LogP contribution >= 0.6 is 0 Å². The second-order valence-corrected chi connectivity index (χ2v) is 5.42. The quantitative estimate of drug-likeness (QED) is 0.920. The van der Waals surface area contributed by atoms with E-state index in [0.29, 0.717) is 0 Å². The van der Waals surface area contributed by atoms with Gasteiger partial charge in [0.2, 0.25) is 0 Å². The molecular formula is C19H29NO3. The SMILES string of the molecule is [2H]C12CC(O)C(C([2H])([2H])C([2H])(C)C([2H])([2H])[2H])C([2H])([2H])N1C([2H])([2H])C([2H])([2H])c1cc(OC)c(OC)cc12. The van der Waals surface area contributed by atoms with Gasteiger partial charge in [-0.3, -0.25) is 4.90 Å². The third kappa shape index (κ3) is 3.20. The molecule has 0 radical (unpaired) electrons. The van der Waals surface area contributed by atoms with Gasteiger partial charge in [0.1, 0.15) is 0 Å². The number of aryl methyl sites for hydroxylation is 1. The summed E-state index contributed by atoms with van der Waals surface area (Å²) < 4.78 is 120. The average Bonchev–Trinajstić information content (AvgIpc) is 2.68. The van der Waals surface area contributed by atoms with Crippen molar-refractivity contribution in [1.29, 1.82) is 0 Å². The molecule has 0 aromatic heterocycles. The molecule has 4 nitrogen and oxygen atoms in total. The molecule has 128 valence electrons. The maximum atomic E-state index is 11.1.